The quantitative estimate of drug-likeness (QED) is 0.380. The normalized spacial score (nSPS) is 13.5. The predicted molar refractivity (Wildman–Crippen MR) is 126 cm³/mol. The minimum absolute atomic E-state index is 0.0272. The van der Waals surface area contributed by atoms with E-state index >= 15 is 0 Å². The zero-order valence-electron chi connectivity index (χ0n) is 19.0. The van der Waals surface area contributed by atoms with Crippen LogP contribution in [0.2, 0.25) is 0 Å². The van der Waals surface area contributed by atoms with Crippen LogP contribution < -0.4 is 20.1 Å². The van der Waals surface area contributed by atoms with Gasteiger partial charge in [0.1, 0.15) is 30.7 Å². The van der Waals surface area contributed by atoms with Gasteiger partial charge in [-0.25, -0.2) is 0 Å². The summed E-state index contributed by atoms with van der Waals surface area (Å²) in [7, 11) is 3.51. The largest absolute Gasteiger partial charge is 0.485 e. The molecular formula is C23H24N8O3. The number of methoxy groups -OCH3 is 1. The van der Waals surface area contributed by atoms with Crippen molar-refractivity contribution in [3.63, 3.8) is 0 Å². The van der Waals surface area contributed by atoms with Gasteiger partial charge >= 0.3 is 0 Å². The van der Waals surface area contributed by atoms with E-state index in [1.165, 1.54) is 0 Å². The van der Waals surface area contributed by atoms with Crippen LogP contribution in [0.4, 0.5) is 17.5 Å². The summed E-state index contributed by atoms with van der Waals surface area (Å²) >= 11 is 0. The number of H-pyrrole nitrogens is 1. The van der Waals surface area contributed by atoms with Crippen LogP contribution in [0.15, 0.2) is 30.7 Å². The van der Waals surface area contributed by atoms with Crippen molar-refractivity contribution in [3.05, 3.63) is 36.3 Å². The van der Waals surface area contributed by atoms with E-state index in [9.17, 15) is 5.26 Å². The van der Waals surface area contributed by atoms with Crippen molar-refractivity contribution >= 4 is 28.5 Å². The van der Waals surface area contributed by atoms with E-state index in [1.54, 1.807) is 24.2 Å². The van der Waals surface area contributed by atoms with Gasteiger partial charge in [0.15, 0.2) is 11.5 Å². The standard InChI is InChI=1S/C23H24N8O3/c1-13(12-32-3)27-22-18-14(8-24)9-25-21(18)29-23(30-22)28-17-5-4-16(15-10-26-31(2)11-15)19-20(17)34-7-6-33-19/h4-5,9-11,13H,6-7,12H2,1-3H3,(H3,25,27,28,29,30)/t13-/m1/s1. The van der Waals surface area contributed by atoms with Crippen LogP contribution in [0.1, 0.15) is 12.5 Å². The van der Waals surface area contributed by atoms with Crippen molar-refractivity contribution < 1.29 is 14.2 Å². The second kappa shape index (κ2) is 8.92. The summed E-state index contributed by atoms with van der Waals surface area (Å²) in [5.41, 5.74) is 3.50. The van der Waals surface area contributed by atoms with Crippen LogP contribution >= 0.6 is 0 Å². The van der Waals surface area contributed by atoms with Gasteiger partial charge in [-0.1, -0.05) is 0 Å². The number of nitrogens with one attached hydrogen (secondary N) is 3. The minimum Gasteiger partial charge on any atom is -0.485 e. The number of rotatable bonds is 7. The number of hydrogen-bond donors (Lipinski definition) is 3. The predicted octanol–water partition coefficient (Wildman–Crippen LogP) is 3.19. The molecule has 3 N–H and O–H groups in total. The molecule has 0 bridgehead atoms. The van der Waals surface area contributed by atoms with E-state index in [0.717, 1.165) is 11.1 Å². The molecule has 0 radical (unpaired) electrons. The van der Waals surface area contributed by atoms with E-state index in [0.29, 0.717) is 65.4 Å². The van der Waals surface area contributed by atoms with Gasteiger partial charge in [-0.15, -0.1) is 0 Å². The van der Waals surface area contributed by atoms with Crippen molar-refractivity contribution in [1.82, 2.24) is 24.7 Å². The molecule has 0 spiro atoms. The van der Waals surface area contributed by atoms with Crippen molar-refractivity contribution in [3.8, 4) is 28.7 Å². The lowest BCUT2D eigenvalue weighted by atomic mass is 10.1. The molecule has 5 rings (SSSR count). The molecule has 11 nitrogen and oxygen atoms in total. The summed E-state index contributed by atoms with van der Waals surface area (Å²) in [6, 6.07) is 6.01. The molecule has 0 saturated heterocycles. The SMILES string of the molecule is COC[C@@H](C)Nc1nc(Nc2ccc(-c3cnn(C)c3)c3c2OCCO3)nc2[nH]cc(C#N)c12. The monoisotopic (exact) mass is 460 g/mol. The van der Waals surface area contributed by atoms with E-state index in [1.807, 2.05) is 32.3 Å². The number of aromatic nitrogens is 5. The van der Waals surface area contributed by atoms with Gasteiger partial charge in [0.25, 0.3) is 0 Å². The van der Waals surface area contributed by atoms with Gasteiger partial charge in [0.05, 0.1) is 29.4 Å². The second-order valence-corrected chi connectivity index (χ2v) is 7.98. The number of benzene rings is 1. The molecule has 0 unspecified atom stereocenters. The molecule has 1 atom stereocenters. The van der Waals surface area contributed by atoms with Crippen LogP contribution in [-0.4, -0.2) is 57.7 Å². The number of fused-ring (bicyclic) bond motifs is 2. The fourth-order valence-corrected chi connectivity index (χ4v) is 3.95. The van der Waals surface area contributed by atoms with Gasteiger partial charge < -0.3 is 29.8 Å². The molecular weight excluding hydrogens is 436 g/mol. The zero-order chi connectivity index (χ0) is 23.7. The fourth-order valence-electron chi connectivity index (χ4n) is 3.95. The van der Waals surface area contributed by atoms with Crippen LogP contribution in [0.25, 0.3) is 22.2 Å². The third kappa shape index (κ3) is 3.95. The van der Waals surface area contributed by atoms with E-state index in [-0.39, 0.29) is 6.04 Å². The summed E-state index contributed by atoms with van der Waals surface area (Å²) in [6.45, 7) is 3.34. The van der Waals surface area contributed by atoms with Crippen LogP contribution in [0, 0.1) is 11.3 Å². The van der Waals surface area contributed by atoms with Gasteiger partial charge in [0.2, 0.25) is 5.95 Å². The van der Waals surface area contributed by atoms with Gasteiger partial charge in [-0.05, 0) is 19.1 Å². The van der Waals surface area contributed by atoms with Gasteiger partial charge in [0, 0.05) is 43.7 Å². The zero-order valence-corrected chi connectivity index (χ0v) is 19.0. The molecule has 0 aliphatic carbocycles. The lowest BCUT2D eigenvalue weighted by molar-refractivity contribution is 0.173. The highest BCUT2D eigenvalue weighted by molar-refractivity contribution is 5.94. The molecule has 4 aromatic rings. The Kier molecular flexibility index (Phi) is 5.65. The number of aryl methyl sites for hydroxylation is 1. The fraction of sp³-hybridized carbons (Fsp3) is 0.304. The first kappa shape index (κ1) is 21.5. The summed E-state index contributed by atoms with van der Waals surface area (Å²) in [6.07, 6.45) is 5.33. The highest BCUT2D eigenvalue weighted by Gasteiger charge is 2.23. The van der Waals surface area contributed by atoms with Gasteiger partial charge in [-0.2, -0.15) is 20.3 Å². The lowest BCUT2D eigenvalue weighted by Gasteiger charge is -2.23. The maximum Gasteiger partial charge on any atom is 0.231 e. The molecule has 34 heavy (non-hydrogen) atoms. The van der Waals surface area contributed by atoms with E-state index in [4.69, 9.17) is 14.2 Å². The first-order valence-electron chi connectivity index (χ1n) is 10.8. The van der Waals surface area contributed by atoms with Crippen molar-refractivity contribution in [2.24, 2.45) is 7.05 Å². The Bertz CT molecular complexity index is 1390. The topological polar surface area (TPSA) is 135 Å². The maximum absolute atomic E-state index is 9.51. The number of aromatic amines is 1. The van der Waals surface area contributed by atoms with Crippen LogP contribution in [-0.2, 0) is 11.8 Å². The molecule has 11 heteroatoms. The second-order valence-electron chi connectivity index (χ2n) is 7.98. The van der Waals surface area contributed by atoms with Crippen molar-refractivity contribution in [1.29, 1.82) is 5.26 Å². The number of hydrogen-bond acceptors (Lipinski definition) is 9. The summed E-state index contributed by atoms with van der Waals surface area (Å²) < 4.78 is 18.9. The van der Waals surface area contributed by atoms with Gasteiger partial charge in [-0.3, -0.25) is 4.68 Å². The minimum atomic E-state index is -0.0272. The molecule has 1 aliphatic rings. The molecule has 4 heterocycles. The molecule has 0 amide bonds. The molecule has 1 aliphatic heterocycles. The third-order valence-electron chi connectivity index (χ3n) is 5.40. The maximum atomic E-state index is 9.51. The first-order valence-corrected chi connectivity index (χ1v) is 10.8. The highest BCUT2D eigenvalue weighted by Crippen LogP contribution is 2.45. The summed E-state index contributed by atoms with van der Waals surface area (Å²) in [4.78, 5) is 12.3. The summed E-state index contributed by atoms with van der Waals surface area (Å²) in [5, 5.41) is 21.0. The first-order chi connectivity index (χ1) is 16.6. The van der Waals surface area contributed by atoms with Crippen LogP contribution in [0.5, 0.6) is 11.5 Å². The Morgan fingerprint density at radius 1 is 1.26 bits per heavy atom. The smallest absolute Gasteiger partial charge is 0.231 e. The number of nitrogens with zero attached hydrogens (tertiary/aromatic N) is 5. The third-order valence-corrected chi connectivity index (χ3v) is 5.40. The molecule has 0 saturated carbocycles. The van der Waals surface area contributed by atoms with Crippen LogP contribution in [0.3, 0.4) is 0 Å². The van der Waals surface area contributed by atoms with E-state index < -0.39 is 0 Å². The Balaban J connectivity index is 1.55. The number of ether oxygens (including phenoxy) is 3. The summed E-state index contributed by atoms with van der Waals surface area (Å²) in [5.74, 6) is 2.11. The Labute approximate surface area is 195 Å². The van der Waals surface area contributed by atoms with Crippen molar-refractivity contribution in [2.75, 3.05) is 37.6 Å². The molecule has 1 aromatic carbocycles. The number of anilines is 3. The Morgan fingerprint density at radius 2 is 2.09 bits per heavy atom. The molecule has 3 aromatic heterocycles. The molecule has 0 fully saturated rings. The Morgan fingerprint density at radius 3 is 2.82 bits per heavy atom. The average Bonchev–Trinajstić information content (AvgIpc) is 3.45. The molecule has 174 valence electrons. The average molecular weight is 460 g/mol. The number of nitriles is 1. The van der Waals surface area contributed by atoms with E-state index in [2.05, 4.69) is 36.8 Å². The lowest BCUT2D eigenvalue weighted by Crippen LogP contribution is -2.22. The van der Waals surface area contributed by atoms with Crippen molar-refractivity contribution in [2.45, 2.75) is 13.0 Å². The Hall–Kier alpha value is -4.30. The highest BCUT2D eigenvalue weighted by atomic mass is 16.6.